The lowest BCUT2D eigenvalue weighted by atomic mass is 10.0. The molecular weight excluding hydrogens is 345 g/mol. The Hall–Kier alpha value is -2.78. The van der Waals surface area contributed by atoms with Crippen molar-refractivity contribution in [3.05, 3.63) is 46.0 Å². The first kappa shape index (κ1) is 18.0. The highest BCUT2D eigenvalue weighted by Crippen LogP contribution is 2.18. The number of carbonyl (C=O) groups excluding carboxylic acids is 2. The molecule has 2 aromatic rings. The molecule has 8 nitrogen and oxygen atoms in total. The zero-order valence-electron chi connectivity index (χ0n) is 13.8. The van der Waals surface area contributed by atoms with Crippen molar-refractivity contribution in [2.45, 2.75) is 18.6 Å². The average molecular weight is 363 g/mol. The summed E-state index contributed by atoms with van der Waals surface area (Å²) in [6, 6.07) is 4.47. The van der Waals surface area contributed by atoms with E-state index in [0.29, 0.717) is 23.9 Å². The van der Waals surface area contributed by atoms with Gasteiger partial charge in [-0.2, -0.15) is 0 Å². The number of rotatable bonds is 5. The molecule has 1 fully saturated rings. The van der Waals surface area contributed by atoms with E-state index in [1.54, 1.807) is 0 Å². The molecule has 1 aliphatic heterocycles. The summed E-state index contributed by atoms with van der Waals surface area (Å²) >= 11 is 0. The molecule has 138 valence electrons. The number of pyridine rings is 1. The van der Waals surface area contributed by atoms with Crippen LogP contribution in [-0.4, -0.2) is 48.8 Å². The molecule has 0 spiro atoms. The van der Waals surface area contributed by atoms with Crippen LogP contribution in [0.3, 0.4) is 0 Å². The van der Waals surface area contributed by atoms with Gasteiger partial charge in [-0.05, 0) is 24.6 Å². The highest BCUT2D eigenvalue weighted by molar-refractivity contribution is 6.06. The zero-order chi connectivity index (χ0) is 18.7. The summed E-state index contributed by atoms with van der Waals surface area (Å²) in [7, 11) is 0. The molecule has 0 saturated carbocycles. The molecule has 2 atom stereocenters. The molecule has 26 heavy (non-hydrogen) atoms. The normalized spacial score (nSPS) is 20.0. The summed E-state index contributed by atoms with van der Waals surface area (Å²) < 4.78 is 24.3. The molecular formula is C17H18FN3O5. The summed E-state index contributed by atoms with van der Waals surface area (Å²) in [6.45, 7) is 0.314. The monoisotopic (exact) mass is 363 g/mol. The van der Waals surface area contributed by atoms with E-state index >= 15 is 0 Å². The summed E-state index contributed by atoms with van der Waals surface area (Å²) in [5, 5.41) is 3.07. The van der Waals surface area contributed by atoms with E-state index in [2.05, 4.69) is 10.3 Å². The number of fused-ring (bicyclic) bond motifs is 1. The van der Waals surface area contributed by atoms with Crippen LogP contribution in [0, 0.1) is 5.82 Å². The lowest BCUT2D eigenvalue weighted by molar-refractivity contribution is -0.129. The van der Waals surface area contributed by atoms with E-state index in [0.717, 1.165) is 6.07 Å². The maximum atomic E-state index is 13.6. The summed E-state index contributed by atoms with van der Waals surface area (Å²) in [4.78, 5) is 38.0. The van der Waals surface area contributed by atoms with Gasteiger partial charge >= 0.3 is 0 Å². The molecule has 9 heteroatoms. The Balaban J connectivity index is 1.84. The number of H-pyrrole nitrogens is 1. The van der Waals surface area contributed by atoms with Crippen molar-refractivity contribution < 1.29 is 23.5 Å². The van der Waals surface area contributed by atoms with Gasteiger partial charge in [-0.25, -0.2) is 4.39 Å². The lowest BCUT2D eigenvalue weighted by Gasteiger charge is -2.31. The van der Waals surface area contributed by atoms with Gasteiger partial charge in [0, 0.05) is 23.6 Å². The van der Waals surface area contributed by atoms with Crippen LogP contribution in [0.25, 0.3) is 10.9 Å². The largest absolute Gasteiger partial charge is 0.379 e. The fraction of sp³-hybridized carbons (Fsp3) is 0.353. The smallest absolute Gasteiger partial charge is 0.252 e. The van der Waals surface area contributed by atoms with Gasteiger partial charge in [0.2, 0.25) is 11.5 Å². The van der Waals surface area contributed by atoms with Crippen molar-refractivity contribution in [2.75, 3.05) is 19.8 Å². The Labute approximate surface area is 147 Å². The molecule has 1 saturated heterocycles. The number of primary amides is 1. The number of aromatic amines is 1. The van der Waals surface area contributed by atoms with E-state index < -0.39 is 35.3 Å². The Morgan fingerprint density at radius 1 is 1.38 bits per heavy atom. The summed E-state index contributed by atoms with van der Waals surface area (Å²) in [5.74, 6) is -1.68. The average Bonchev–Trinajstić information content (AvgIpc) is 2.60. The van der Waals surface area contributed by atoms with Crippen LogP contribution in [0.5, 0.6) is 0 Å². The molecule has 4 N–H and O–H groups in total. The van der Waals surface area contributed by atoms with Crippen molar-refractivity contribution in [1.29, 1.82) is 0 Å². The van der Waals surface area contributed by atoms with Gasteiger partial charge in [0.05, 0.1) is 18.2 Å². The molecule has 0 radical (unpaired) electrons. The molecule has 0 unspecified atom stereocenters. The van der Waals surface area contributed by atoms with Gasteiger partial charge in [0.1, 0.15) is 18.5 Å². The van der Waals surface area contributed by atoms with Crippen molar-refractivity contribution in [3.8, 4) is 0 Å². The highest BCUT2D eigenvalue weighted by atomic mass is 19.1. The first-order valence-corrected chi connectivity index (χ1v) is 8.05. The SMILES string of the molecule is NC(=O)CO[C@@H]1COCC[C@H]1NC(=O)c1cc(=O)[nH]c2ccc(F)cc12. The molecule has 1 aromatic heterocycles. The third-order valence-electron chi connectivity index (χ3n) is 4.11. The Kier molecular flexibility index (Phi) is 5.29. The predicted octanol–water partition coefficient (Wildman–Crippen LogP) is 0.0564. The van der Waals surface area contributed by atoms with Crippen LogP contribution >= 0.6 is 0 Å². The number of ether oxygens (including phenoxy) is 2. The van der Waals surface area contributed by atoms with Crippen molar-refractivity contribution in [1.82, 2.24) is 10.3 Å². The molecule has 1 aliphatic rings. The number of nitrogens with one attached hydrogen (secondary N) is 2. The number of hydrogen-bond donors (Lipinski definition) is 3. The predicted molar refractivity (Wildman–Crippen MR) is 90.2 cm³/mol. The number of amides is 2. The van der Waals surface area contributed by atoms with Crippen LogP contribution in [0.4, 0.5) is 4.39 Å². The van der Waals surface area contributed by atoms with E-state index in [1.165, 1.54) is 18.2 Å². The topological polar surface area (TPSA) is 124 Å². The highest BCUT2D eigenvalue weighted by Gasteiger charge is 2.29. The maximum Gasteiger partial charge on any atom is 0.252 e. The Bertz CT molecular complexity index is 898. The van der Waals surface area contributed by atoms with Gasteiger partial charge in [0.15, 0.2) is 0 Å². The second-order valence-corrected chi connectivity index (χ2v) is 6.00. The lowest BCUT2D eigenvalue weighted by Crippen LogP contribution is -2.50. The van der Waals surface area contributed by atoms with Crippen molar-refractivity contribution in [2.24, 2.45) is 5.73 Å². The van der Waals surface area contributed by atoms with Gasteiger partial charge in [0.25, 0.3) is 5.91 Å². The quantitative estimate of drug-likeness (QED) is 0.693. The van der Waals surface area contributed by atoms with Crippen molar-refractivity contribution >= 4 is 22.7 Å². The van der Waals surface area contributed by atoms with Crippen LogP contribution in [0.15, 0.2) is 29.1 Å². The molecule has 2 amide bonds. The second kappa shape index (κ2) is 7.63. The third kappa shape index (κ3) is 4.06. The molecule has 3 rings (SSSR count). The first-order chi connectivity index (χ1) is 12.4. The van der Waals surface area contributed by atoms with Crippen LogP contribution in [-0.2, 0) is 14.3 Å². The third-order valence-corrected chi connectivity index (χ3v) is 4.11. The van der Waals surface area contributed by atoms with E-state index in [1.807, 2.05) is 0 Å². The molecule has 0 aliphatic carbocycles. The van der Waals surface area contributed by atoms with Crippen LogP contribution in [0.2, 0.25) is 0 Å². The minimum absolute atomic E-state index is 0.0587. The fourth-order valence-electron chi connectivity index (χ4n) is 2.89. The van der Waals surface area contributed by atoms with Gasteiger partial charge in [-0.3, -0.25) is 14.4 Å². The van der Waals surface area contributed by atoms with Crippen LogP contribution < -0.4 is 16.6 Å². The number of hydrogen-bond acceptors (Lipinski definition) is 5. The number of halogens is 1. The van der Waals surface area contributed by atoms with E-state index in [-0.39, 0.29) is 18.8 Å². The van der Waals surface area contributed by atoms with Crippen LogP contribution in [0.1, 0.15) is 16.8 Å². The first-order valence-electron chi connectivity index (χ1n) is 8.05. The number of aromatic nitrogens is 1. The summed E-state index contributed by atoms with van der Waals surface area (Å²) in [5.41, 5.74) is 5.02. The van der Waals surface area contributed by atoms with Gasteiger partial charge in [-0.15, -0.1) is 0 Å². The van der Waals surface area contributed by atoms with Crippen molar-refractivity contribution in [3.63, 3.8) is 0 Å². The molecule has 0 bridgehead atoms. The second-order valence-electron chi connectivity index (χ2n) is 6.00. The number of nitrogens with two attached hydrogens (primary N) is 1. The number of benzene rings is 1. The fourth-order valence-corrected chi connectivity index (χ4v) is 2.89. The Morgan fingerprint density at radius 2 is 2.19 bits per heavy atom. The maximum absolute atomic E-state index is 13.6. The van der Waals surface area contributed by atoms with E-state index in [4.69, 9.17) is 15.2 Å². The minimum Gasteiger partial charge on any atom is -0.379 e. The van der Waals surface area contributed by atoms with Gasteiger partial charge in [-0.1, -0.05) is 0 Å². The van der Waals surface area contributed by atoms with Gasteiger partial charge < -0.3 is 25.5 Å². The Morgan fingerprint density at radius 3 is 2.96 bits per heavy atom. The van der Waals surface area contributed by atoms with E-state index in [9.17, 15) is 18.8 Å². The molecule has 1 aromatic carbocycles. The zero-order valence-corrected chi connectivity index (χ0v) is 13.8. The summed E-state index contributed by atoms with van der Waals surface area (Å²) in [6.07, 6.45) is -0.0878. The standard InChI is InChI=1S/C17H18FN3O5/c18-9-1-2-12-10(5-9)11(6-16(23)20-12)17(24)21-13-3-4-25-7-14(13)26-8-15(19)22/h1-2,5-6,13-14H,3-4,7-8H2,(H2,19,22)(H,20,23)(H,21,24)/t13-,14-/m1/s1. The minimum atomic E-state index is -0.628. The number of carbonyl (C=O) groups is 2. The molecule has 2 heterocycles.